The lowest BCUT2D eigenvalue weighted by Crippen LogP contribution is -2.24. The van der Waals surface area contributed by atoms with E-state index < -0.39 is 32.1 Å². The number of halogens is 3. The van der Waals surface area contributed by atoms with Gasteiger partial charge in [-0.15, -0.1) is 0 Å². The minimum absolute atomic E-state index is 0.0862. The predicted molar refractivity (Wildman–Crippen MR) is 80.9 cm³/mol. The average Bonchev–Trinajstić information content (AvgIpc) is 2.99. The summed E-state index contributed by atoms with van der Waals surface area (Å²) in [6, 6.07) is 4.59. The number of carbonyl (C=O) groups is 1. The Balaban J connectivity index is 2.07. The van der Waals surface area contributed by atoms with Crippen LogP contribution in [0.4, 0.5) is 13.2 Å². The van der Waals surface area contributed by atoms with Crippen molar-refractivity contribution < 1.29 is 31.1 Å². The Morgan fingerprint density at radius 1 is 1.29 bits per heavy atom. The van der Waals surface area contributed by atoms with Gasteiger partial charge in [-0.05, 0) is 49.8 Å². The zero-order valence-electron chi connectivity index (χ0n) is 13.2. The molecular weight excluding hydrogens is 345 g/mol. The van der Waals surface area contributed by atoms with E-state index in [1.165, 1.54) is 12.1 Å². The molecule has 4 nitrogen and oxygen atoms in total. The minimum Gasteiger partial charge on any atom is -0.462 e. The number of ether oxygens (including phenoxy) is 1. The molecule has 1 saturated carbocycles. The molecule has 0 spiro atoms. The summed E-state index contributed by atoms with van der Waals surface area (Å²) in [5.74, 6) is -0.972. The van der Waals surface area contributed by atoms with Gasteiger partial charge in [0.1, 0.15) is 6.10 Å². The van der Waals surface area contributed by atoms with Crippen molar-refractivity contribution in [3.8, 4) is 0 Å². The molecule has 24 heavy (non-hydrogen) atoms. The Kier molecular flexibility index (Phi) is 5.57. The molecule has 1 aromatic rings. The van der Waals surface area contributed by atoms with Gasteiger partial charge in [0, 0.05) is 0 Å². The van der Waals surface area contributed by atoms with E-state index in [1.54, 1.807) is 6.92 Å². The fraction of sp³-hybridized carbons (Fsp3) is 0.562. The van der Waals surface area contributed by atoms with Crippen molar-refractivity contribution in [3.63, 3.8) is 0 Å². The molecule has 1 aliphatic rings. The zero-order chi connectivity index (χ0) is 18.0. The molecule has 2 rings (SSSR count). The molecule has 0 aliphatic heterocycles. The van der Waals surface area contributed by atoms with Crippen LogP contribution in [-0.4, -0.2) is 26.0 Å². The van der Waals surface area contributed by atoms with Gasteiger partial charge in [-0.25, -0.2) is 8.42 Å². The normalized spacial score (nSPS) is 17.7. The van der Waals surface area contributed by atoms with E-state index in [4.69, 9.17) is 4.74 Å². The lowest BCUT2D eigenvalue weighted by Gasteiger charge is -2.16. The maximum absolute atomic E-state index is 12.6. The third kappa shape index (κ3) is 4.28. The van der Waals surface area contributed by atoms with Gasteiger partial charge in [0.15, 0.2) is 0 Å². The number of sulfone groups is 1. The molecule has 134 valence electrons. The molecule has 1 fully saturated rings. The Morgan fingerprint density at radius 2 is 1.92 bits per heavy atom. The van der Waals surface area contributed by atoms with Gasteiger partial charge in [0.2, 0.25) is 0 Å². The SMILES string of the molecule is CC(Cc1cccc(S(=O)(=O)C(F)(F)F)c1)C(=O)OC1CCCC1. The van der Waals surface area contributed by atoms with Crippen LogP contribution in [0.2, 0.25) is 0 Å². The van der Waals surface area contributed by atoms with Crippen LogP contribution in [0, 0.1) is 5.92 Å². The molecule has 1 atom stereocenters. The standard InChI is InChI=1S/C16H19F3O4S/c1-11(15(20)23-13-6-2-3-7-13)9-12-5-4-8-14(10-12)24(21,22)16(17,18)19/h4-5,8,10-11,13H,2-3,6-7,9H2,1H3. The predicted octanol–water partition coefficient (Wildman–Crippen LogP) is 3.64. The highest BCUT2D eigenvalue weighted by molar-refractivity contribution is 7.92. The van der Waals surface area contributed by atoms with E-state index in [9.17, 15) is 26.4 Å². The van der Waals surface area contributed by atoms with Crippen molar-refractivity contribution in [1.29, 1.82) is 0 Å². The number of hydrogen-bond acceptors (Lipinski definition) is 4. The van der Waals surface area contributed by atoms with Crippen LogP contribution in [0.15, 0.2) is 29.2 Å². The van der Waals surface area contributed by atoms with Crippen LogP contribution in [0.5, 0.6) is 0 Å². The average molecular weight is 364 g/mol. The smallest absolute Gasteiger partial charge is 0.462 e. The number of alkyl halides is 3. The number of benzene rings is 1. The summed E-state index contributed by atoms with van der Waals surface area (Å²) in [4.78, 5) is 11.2. The first kappa shape index (κ1) is 18.8. The molecule has 1 unspecified atom stereocenters. The van der Waals surface area contributed by atoms with E-state index in [0.29, 0.717) is 5.56 Å². The number of carbonyl (C=O) groups excluding carboxylic acids is 1. The molecule has 0 amide bonds. The first-order chi connectivity index (χ1) is 11.1. The molecule has 0 radical (unpaired) electrons. The summed E-state index contributed by atoms with van der Waals surface area (Å²) in [5.41, 5.74) is -5.00. The van der Waals surface area contributed by atoms with Gasteiger partial charge in [-0.2, -0.15) is 13.2 Å². The first-order valence-corrected chi connectivity index (χ1v) is 9.20. The summed E-state index contributed by atoms with van der Waals surface area (Å²) in [7, 11) is -5.39. The first-order valence-electron chi connectivity index (χ1n) is 7.72. The van der Waals surface area contributed by atoms with Gasteiger partial charge >= 0.3 is 11.5 Å². The highest BCUT2D eigenvalue weighted by Gasteiger charge is 2.46. The number of rotatable bonds is 5. The fourth-order valence-corrected chi connectivity index (χ4v) is 3.53. The second-order valence-corrected chi connectivity index (χ2v) is 7.99. The lowest BCUT2D eigenvalue weighted by molar-refractivity contribution is -0.153. The quantitative estimate of drug-likeness (QED) is 0.749. The Labute approximate surface area is 138 Å². The Morgan fingerprint density at radius 3 is 2.50 bits per heavy atom. The maximum Gasteiger partial charge on any atom is 0.501 e. The highest BCUT2D eigenvalue weighted by Crippen LogP contribution is 2.31. The largest absolute Gasteiger partial charge is 0.501 e. The van der Waals surface area contributed by atoms with Crippen molar-refractivity contribution in [2.24, 2.45) is 5.92 Å². The Bertz CT molecular complexity index is 692. The molecule has 1 aliphatic carbocycles. The minimum atomic E-state index is -5.39. The summed E-state index contributed by atoms with van der Waals surface area (Å²) in [5, 5.41) is 0. The van der Waals surface area contributed by atoms with E-state index in [0.717, 1.165) is 37.8 Å². The number of esters is 1. The number of hydrogen-bond donors (Lipinski definition) is 0. The molecule has 0 aromatic heterocycles. The third-order valence-electron chi connectivity index (χ3n) is 4.04. The Hall–Kier alpha value is -1.57. The molecule has 0 saturated heterocycles. The van der Waals surface area contributed by atoms with Crippen molar-refractivity contribution in [2.45, 2.75) is 55.5 Å². The van der Waals surface area contributed by atoms with Crippen molar-refractivity contribution in [3.05, 3.63) is 29.8 Å². The van der Waals surface area contributed by atoms with Gasteiger partial charge < -0.3 is 4.74 Å². The van der Waals surface area contributed by atoms with E-state index in [2.05, 4.69) is 0 Å². The van der Waals surface area contributed by atoms with Crippen LogP contribution in [0.25, 0.3) is 0 Å². The van der Waals surface area contributed by atoms with Crippen LogP contribution in [0.1, 0.15) is 38.2 Å². The van der Waals surface area contributed by atoms with Crippen molar-refractivity contribution in [1.82, 2.24) is 0 Å². The zero-order valence-corrected chi connectivity index (χ0v) is 14.0. The molecule has 0 heterocycles. The molecular formula is C16H19F3O4S. The van der Waals surface area contributed by atoms with Crippen LogP contribution in [-0.2, 0) is 25.8 Å². The fourth-order valence-electron chi connectivity index (χ4n) is 2.70. The van der Waals surface area contributed by atoms with Gasteiger partial charge in [-0.3, -0.25) is 4.79 Å². The van der Waals surface area contributed by atoms with Crippen molar-refractivity contribution in [2.75, 3.05) is 0 Å². The van der Waals surface area contributed by atoms with Crippen LogP contribution in [0.3, 0.4) is 0 Å². The van der Waals surface area contributed by atoms with Crippen molar-refractivity contribution >= 4 is 15.8 Å². The molecule has 0 N–H and O–H groups in total. The van der Waals surface area contributed by atoms with E-state index in [-0.39, 0.29) is 12.5 Å². The second kappa shape index (κ2) is 7.13. The van der Waals surface area contributed by atoms with E-state index >= 15 is 0 Å². The van der Waals surface area contributed by atoms with Gasteiger partial charge in [0.25, 0.3) is 9.84 Å². The van der Waals surface area contributed by atoms with Gasteiger partial charge in [-0.1, -0.05) is 19.1 Å². The topological polar surface area (TPSA) is 60.4 Å². The van der Waals surface area contributed by atoms with Gasteiger partial charge in [0.05, 0.1) is 10.8 Å². The second-order valence-electron chi connectivity index (χ2n) is 6.05. The highest BCUT2D eigenvalue weighted by atomic mass is 32.2. The third-order valence-corrected chi connectivity index (χ3v) is 5.53. The van der Waals surface area contributed by atoms with Crippen LogP contribution >= 0.6 is 0 Å². The van der Waals surface area contributed by atoms with Crippen LogP contribution < -0.4 is 0 Å². The summed E-state index contributed by atoms with van der Waals surface area (Å²) < 4.78 is 66.1. The molecule has 8 heteroatoms. The summed E-state index contributed by atoms with van der Waals surface area (Å²) in [6.07, 6.45) is 3.73. The monoisotopic (exact) mass is 364 g/mol. The molecule has 0 bridgehead atoms. The van der Waals surface area contributed by atoms with E-state index in [1.807, 2.05) is 0 Å². The summed E-state index contributed by atoms with van der Waals surface area (Å²) in [6.45, 7) is 1.61. The summed E-state index contributed by atoms with van der Waals surface area (Å²) >= 11 is 0. The maximum atomic E-state index is 12.6. The molecule has 1 aromatic carbocycles. The lowest BCUT2D eigenvalue weighted by atomic mass is 10.0.